The predicted octanol–water partition coefficient (Wildman–Crippen LogP) is 6.40. The average molecular weight is 513 g/mol. The Morgan fingerprint density at radius 3 is 2.53 bits per heavy atom. The van der Waals surface area contributed by atoms with E-state index in [1.807, 2.05) is 0 Å². The van der Waals surface area contributed by atoms with Crippen LogP contribution in [0, 0.1) is 6.92 Å². The monoisotopic (exact) mass is 512 g/mol. The minimum atomic E-state index is -0.200. The Morgan fingerprint density at radius 1 is 1.03 bits per heavy atom. The summed E-state index contributed by atoms with van der Waals surface area (Å²) in [4.78, 5) is 12.9. The molecule has 0 unspecified atom stereocenters. The standard InChI is InChI=1S/C33H44N4O/c1-6-24-13-10-14-25(7-2)30(24)31-35-23(3)27(32(36-31)37-20-21-38-33(4,5)22-37)18-19-34-29-17-11-15-26-12-8-9-16-28(26)29/h8-10,12-14,16,29,34H,6-7,11,15,17-22H2,1-5H3/t29-/m0/s1. The minimum absolute atomic E-state index is 0.200. The van der Waals surface area contributed by atoms with Gasteiger partial charge >= 0.3 is 0 Å². The number of anilines is 1. The lowest BCUT2D eigenvalue weighted by Gasteiger charge is -2.39. The summed E-state index contributed by atoms with van der Waals surface area (Å²) in [5, 5.41) is 3.88. The molecular formula is C33H44N4O. The fourth-order valence-corrected chi connectivity index (χ4v) is 6.31. The van der Waals surface area contributed by atoms with Crippen LogP contribution < -0.4 is 10.2 Å². The normalized spacial score (nSPS) is 18.9. The second-order valence-corrected chi connectivity index (χ2v) is 11.5. The van der Waals surface area contributed by atoms with Gasteiger partial charge in [-0.2, -0.15) is 0 Å². The van der Waals surface area contributed by atoms with Crippen molar-refractivity contribution >= 4 is 5.82 Å². The van der Waals surface area contributed by atoms with Crippen molar-refractivity contribution in [3.8, 4) is 11.4 Å². The zero-order valence-electron chi connectivity index (χ0n) is 23.9. The van der Waals surface area contributed by atoms with E-state index in [2.05, 4.69) is 87.3 Å². The molecule has 2 aliphatic rings. The lowest BCUT2D eigenvalue weighted by atomic mass is 9.87. The molecule has 1 aliphatic carbocycles. The maximum Gasteiger partial charge on any atom is 0.162 e. The van der Waals surface area contributed by atoms with Crippen LogP contribution in [0.25, 0.3) is 11.4 Å². The van der Waals surface area contributed by atoms with Gasteiger partial charge in [0.15, 0.2) is 5.82 Å². The SMILES string of the molecule is CCc1cccc(CC)c1-c1nc(C)c(CCN[C@H]2CCCc3ccccc32)c(N2CCOC(C)(C)C2)n1. The van der Waals surface area contributed by atoms with E-state index in [-0.39, 0.29) is 5.60 Å². The summed E-state index contributed by atoms with van der Waals surface area (Å²) >= 11 is 0. The van der Waals surface area contributed by atoms with Crippen molar-refractivity contribution < 1.29 is 4.74 Å². The molecule has 38 heavy (non-hydrogen) atoms. The molecule has 3 aromatic rings. The first kappa shape index (κ1) is 26.8. The molecule has 2 aromatic carbocycles. The van der Waals surface area contributed by atoms with Crippen molar-refractivity contribution in [3.63, 3.8) is 0 Å². The molecule has 2 heterocycles. The lowest BCUT2D eigenvalue weighted by Crippen LogP contribution is -2.49. The molecule has 0 spiro atoms. The fraction of sp³-hybridized carbons (Fsp3) is 0.515. The van der Waals surface area contributed by atoms with Gasteiger partial charge in [-0.1, -0.05) is 56.3 Å². The Labute approximate surface area is 229 Å². The van der Waals surface area contributed by atoms with E-state index >= 15 is 0 Å². The quantitative estimate of drug-likeness (QED) is 0.378. The van der Waals surface area contributed by atoms with Crippen LogP contribution in [-0.2, 0) is 30.4 Å². The van der Waals surface area contributed by atoms with E-state index in [4.69, 9.17) is 14.7 Å². The zero-order valence-corrected chi connectivity index (χ0v) is 23.9. The summed E-state index contributed by atoms with van der Waals surface area (Å²) < 4.78 is 6.07. The molecule has 1 N–H and O–H groups in total. The van der Waals surface area contributed by atoms with Gasteiger partial charge in [-0.25, -0.2) is 9.97 Å². The number of morpholine rings is 1. The molecule has 1 fully saturated rings. The van der Waals surface area contributed by atoms with Crippen LogP contribution in [0.5, 0.6) is 0 Å². The van der Waals surface area contributed by atoms with Gasteiger partial charge in [-0.05, 0) is 88.1 Å². The van der Waals surface area contributed by atoms with Crippen molar-refractivity contribution in [2.24, 2.45) is 0 Å². The second-order valence-electron chi connectivity index (χ2n) is 11.5. The van der Waals surface area contributed by atoms with Crippen LogP contribution in [0.4, 0.5) is 5.82 Å². The molecule has 5 rings (SSSR count). The summed E-state index contributed by atoms with van der Waals surface area (Å²) in [5.41, 5.74) is 8.98. The molecule has 5 nitrogen and oxygen atoms in total. The van der Waals surface area contributed by atoms with Gasteiger partial charge in [-0.15, -0.1) is 0 Å². The molecule has 1 saturated heterocycles. The first-order valence-electron chi connectivity index (χ1n) is 14.6. The number of benzene rings is 2. The summed E-state index contributed by atoms with van der Waals surface area (Å²) in [6.07, 6.45) is 6.49. The molecule has 0 saturated carbocycles. The molecule has 0 amide bonds. The highest BCUT2D eigenvalue weighted by molar-refractivity contribution is 5.68. The number of rotatable bonds is 8. The highest BCUT2D eigenvalue weighted by Gasteiger charge is 2.30. The van der Waals surface area contributed by atoms with E-state index in [0.29, 0.717) is 12.6 Å². The number of nitrogens with zero attached hydrogens (tertiary/aromatic N) is 3. The van der Waals surface area contributed by atoms with E-state index < -0.39 is 0 Å². The van der Waals surface area contributed by atoms with Gasteiger partial charge in [0.1, 0.15) is 5.82 Å². The van der Waals surface area contributed by atoms with Crippen LogP contribution in [0.2, 0.25) is 0 Å². The largest absolute Gasteiger partial charge is 0.372 e. The predicted molar refractivity (Wildman–Crippen MR) is 157 cm³/mol. The Kier molecular flexibility index (Phi) is 8.15. The summed E-state index contributed by atoms with van der Waals surface area (Å²) in [6.45, 7) is 14.3. The van der Waals surface area contributed by atoms with Gasteiger partial charge in [0.2, 0.25) is 0 Å². The van der Waals surface area contributed by atoms with Gasteiger partial charge in [0, 0.05) is 36.0 Å². The third-order valence-corrected chi connectivity index (χ3v) is 8.27. The molecule has 202 valence electrons. The minimum Gasteiger partial charge on any atom is -0.372 e. The maximum atomic E-state index is 6.07. The van der Waals surface area contributed by atoms with Crippen molar-refractivity contribution in [1.29, 1.82) is 0 Å². The smallest absolute Gasteiger partial charge is 0.162 e. The molecule has 1 aromatic heterocycles. The van der Waals surface area contributed by atoms with E-state index in [1.54, 1.807) is 0 Å². The van der Waals surface area contributed by atoms with Crippen molar-refractivity contribution in [2.45, 2.75) is 84.8 Å². The van der Waals surface area contributed by atoms with Crippen LogP contribution in [0.1, 0.15) is 80.1 Å². The third-order valence-electron chi connectivity index (χ3n) is 8.27. The molecule has 0 bridgehead atoms. The Hall–Kier alpha value is -2.76. The average Bonchev–Trinajstić information content (AvgIpc) is 2.92. The topological polar surface area (TPSA) is 50.3 Å². The maximum absolute atomic E-state index is 6.07. The number of aromatic nitrogens is 2. The van der Waals surface area contributed by atoms with Gasteiger partial charge < -0.3 is 15.0 Å². The van der Waals surface area contributed by atoms with Crippen LogP contribution in [-0.4, -0.2) is 41.8 Å². The first-order valence-corrected chi connectivity index (χ1v) is 14.6. The van der Waals surface area contributed by atoms with Crippen molar-refractivity contribution in [1.82, 2.24) is 15.3 Å². The first-order chi connectivity index (χ1) is 18.4. The second kappa shape index (κ2) is 11.5. The van der Waals surface area contributed by atoms with Crippen LogP contribution in [0.15, 0.2) is 42.5 Å². The number of nitrogens with one attached hydrogen (secondary N) is 1. The Bertz CT molecular complexity index is 1250. The van der Waals surface area contributed by atoms with Crippen LogP contribution >= 0.6 is 0 Å². The number of ether oxygens (including phenoxy) is 1. The fourth-order valence-electron chi connectivity index (χ4n) is 6.31. The van der Waals surface area contributed by atoms with Gasteiger partial charge in [0.05, 0.1) is 12.2 Å². The van der Waals surface area contributed by atoms with Gasteiger partial charge in [-0.3, -0.25) is 0 Å². The lowest BCUT2D eigenvalue weighted by molar-refractivity contribution is -0.0279. The Balaban J connectivity index is 1.48. The highest BCUT2D eigenvalue weighted by atomic mass is 16.5. The van der Waals surface area contributed by atoms with E-state index in [1.165, 1.54) is 52.6 Å². The van der Waals surface area contributed by atoms with Crippen molar-refractivity contribution in [3.05, 3.63) is 76.0 Å². The number of aryl methyl sites for hydroxylation is 4. The zero-order chi connectivity index (χ0) is 26.7. The summed E-state index contributed by atoms with van der Waals surface area (Å²) in [7, 11) is 0. The number of fused-ring (bicyclic) bond motifs is 1. The molecule has 5 heteroatoms. The molecular weight excluding hydrogens is 468 g/mol. The summed E-state index contributed by atoms with van der Waals surface area (Å²) in [5.74, 6) is 1.96. The highest BCUT2D eigenvalue weighted by Crippen LogP contribution is 2.33. The summed E-state index contributed by atoms with van der Waals surface area (Å²) in [6, 6.07) is 16.0. The number of hydrogen-bond acceptors (Lipinski definition) is 5. The van der Waals surface area contributed by atoms with Crippen LogP contribution in [0.3, 0.4) is 0 Å². The van der Waals surface area contributed by atoms with E-state index in [9.17, 15) is 0 Å². The number of hydrogen-bond donors (Lipinski definition) is 1. The van der Waals surface area contributed by atoms with Gasteiger partial charge in [0.25, 0.3) is 0 Å². The Morgan fingerprint density at radius 2 is 1.79 bits per heavy atom. The molecule has 0 radical (unpaired) electrons. The van der Waals surface area contributed by atoms with Crippen molar-refractivity contribution in [2.75, 3.05) is 31.1 Å². The third kappa shape index (κ3) is 5.64. The molecule has 1 atom stereocenters. The van der Waals surface area contributed by atoms with E-state index in [0.717, 1.165) is 56.2 Å². The molecule has 1 aliphatic heterocycles.